The fraction of sp³-hybridized carbons (Fsp3) is 0. The predicted molar refractivity (Wildman–Crippen MR) is 245 cm³/mol. The molecule has 11 aromatic rings. The van der Waals surface area contributed by atoms with Gasteiger partial charge in [-0.05, 0) is 130 Å². The highest BCUT2D eigenvalue weighted by atomic mass is 32.1. The monoisotopic (exact) mass is 780 g/mol. The van der Waals surface area contributed by atoms with Gasteiger partial charge in [0.2, 0.25) is 0 Å². The molecule has 0 amide bonds. The van der Waals surface area contributed by atoms with E-state index in [1.165, 1.54) is 61.1 Å². The number of aromatic nitrogens is 1. The van der Waals surface area contributed by atoms with Crippen LogP contribution < -0.4 is 4.90 Å². The van der Waals surface area contributed by atoms with Crippen LogP contribution in [0.5, 0.6) is 0 Å². The zero-order chi connectivity index (χ0) is 39.5. The van der Waals surface area contributed by atoms with Gasteiger partial charge in [-0.15, -0.1) is 11.3 Å². The molecule has 0 saturated carbocycles. The van der Waals surface area contributed by atoms with Crippen LogP contribution in [0.25, 0.3) is 81.0 Å². The Balaban J connectivity index is 0.981. The van der Waals surface area contributed by atoms with Gasteiger partial charge in [0, 0.05) is 53.7 Å². The highest BCUT2D eigenvalue weighted by molar-refractivity contribution is 7.25. The molecule has 2 aromatic heterocycles. The van der Waals surface area contributed by atoms with Crippen molar-refractivity contribution >= 4 is 70.4 Å². The second-order valence-corrected chi connectivity index (χ2v) is 15.9. The normalized spacial score (nSPS) is 11.6. The molecule has 2 nitrogen and oxygen atoms in total. The Morgan fingerprint density at radius 2 is 0.949 bits per heavy atom. The van der Waals surface area contributed by atoms with Crippen LogP contribution in [-0.2, 0) is 0 Å². The third-order valence-corrected chi connectivity index (χ3v) is 12.5. The second kappa shape index (κ2) is 14.2. The number of anilines is 3. The van der Waals surface area contributed by atoms with Gasteiger partial charge in [0.05, 0.1) is 11.0 Å². The van der Waals surface area contributed by atoms with E-state index in [1.54, 1.807) is 12.1 Å². The minimum atomic E-state index is -0.337. The second-order valence-electron chi connectivity index (χ2n) is 14.8. The van der Waals surface area contributed by atoms with Crippen LogP contribution in [0.3, 0.4) is 0 Å². The van der Waals surface area contributed by atoms with Crippen LogP contribution in [0.15, 0.2) is 206 Å². The Labute approximate surface area is 344 Å². The molecule has 0 aliphatic heterocycles. The zero-order valence-corrected chi connectivity index (χ0v) is 32.5. The molecule has 0 N–H and O–H groups in total. The summed E-state index contributed by atoms with van der Waals surface area (Å²) in [6.45, 7) is 0. The first-order valence-corrected chi connectivity index (χ1v) is 20.4. The van der Waals surface area contributed by atoms with E-state index < -0.39 is 0 Å². The molecule has 0 aliphatic carbocycles. The number of rotatable bonds is 7. The first-order valence-electron chi connectivity index (χ1n) is 19.6. The van der Waals surface area contributed by atoms with E-state index in [0.29, 0.717) is 5.52 Å². The lowest BCUT2D eigenvalue weighted by molar-refractivity contribution is 0.629. The zero-order valence-electron chi connectivity index (χ0n) is 31.7. The molecule has 280 valence electrons. The maximum atomic E-state index is 14.6. The average molecular weight is 781 g/mol. The van der Waals surface area contributed by atoms with Crippen molar-refractivity contribution in [1.82, 2.24) is 4.57 Å². The summed E-state index contributed by atoms with van der Waals surface area (Å²) in [6, 6.07) is 69.6. The molecule has 2 heterocycles. The number of halogens is 2. The summed E-state index contributed by atoms with van der Waals surface area (Å²) in [5, 5.41) is 4.14. The lowest BCUT2D eigenvalue weighted by atomic mass is 9.99. The molecule has 0 unspecified atom stereocenters. The summed E-state index contributed by atoms with van der Waals surface area (Å²) in [7, 11) is 0. The number of hydrogen-bond donors (Lipinski definition) is 0. The Kier molecular flexibility index (Phi) is 8.42. The summed E-state index contributed by atoms with van der Waals surface area (Å²) >= 11 is 1.84. The van der Waals surface area contributed by atoms with E-state index in [1.807, 2.05) is 34.1 Å². The predicted octanol–water partition coefficient (Wildman–Crippen LogP) is 15.9. The topological polar surface area (TPSA) is 8.17 Å². The molecule has 9 aromatic carbocycles. The summed E-state index contributed by atoms with van der Waals surface area (Å²) < 4.78 is 33.7. The lowest BCUT2D eigenvalue weighted by Gasteiger charge is -2.26. The molecular formula is C54H34F2N2S. The molecular weight excluding hydrogens is 747 g/mol. The molecule has 0 saturated heterocycles. The molecule has 0 radical (unpaired) electrons. The van der Waals surface area contributed by atoms with E-state index in [0.717, 1.165) is 55.7 Å². The van der Waals surface area contributed by atoms with Gasteiger partial charge in [0.1, 0.15) is 11.6 Å². The third kappa shape index (κ3) is 6.15. The number of hydrogen-bond acceptors (Lipinski definition) is 2. The number of fused-ring (bicyclic) bond motifs is 6. The summed E-state index contributed by atoms with van der Waals surface area (Å²) in [5.41, 5.74) is 12.3. The van der Waals surface area contributed by atoms with E-state index >= 15 is 0 Å². The maximum absolute atomic E-state index is 14.6. The Morgan fingerprint density at radius 3 is 1.69 bits per heavy atom. The SMILES string of the molecule is Fc1ccc2c(c1)c1ccc(F)cc1n2-c1cccc(-c2ccc(N(c3ccc(-c4ccccc4)cc3)c3ccc(-c4cccc5sc6ccccc6c45)cc3)cc2)c1. The fourth-order valence-electron chi connectivity index (χ4n) is 8.56. The van der Waals surface area contributed by atoms with Crippen molar-refractivity contribution in [2.75, 3.05) is 4.90 Å². The van der Waals surface area contributed by atoms with E-state index in [2.05, 4.69) is 157 Å². The summed E-state index contributed by atoms with van der Waals surface area (Å²) in [5.74, 6) is -0.660. The average Bonchev–Trinajstić information content (AvgIpc) is 3.83. The number of benzene rings is 9. The van der Waals surface area contributed by atoms with Crippen LogP contribution in [0.1, 0.15) is 0 Å². The van der Waals surface area contributed by atoms with Crippen molar-refractivity contribution in [1.29, 1.82) is 0 Å². The van der Waals surface area contributed by atoms with Crippen molar-refractivity contribution in [3.8, 4) is 39.1 Å². The van der Waals surface area contributed by atoms with Crippen LogP contribution in [-0.4, -0.2) is 4.57 Å². The van der Waals surface area contributed by atoms with Gasteiger partial charge in [-0.25, -0.2) is 8.78 Å². The van der Waals surface area contributed by atoms with Crippen molar-refractivity contribution < 1.29 is 8.78 Å². The minimum absolute atomic E-state index is 0.323. The number of nitrogens with zero attached hydrogens (tertiary/aromatic N) is 2. The maximum Gasteiger partial charge on any atom is 0.125 e. The fourth-order valence-corrected chi connectivity index (χ4v) is 9.69. The smallest absolute Gasteiger partial charge is 0.125 e. The van der Waals surface area contributed by atoms with Gasteiger partial charge in [0.25, 0.3) is 0 Å². The van der Waals surface area contributed by atoms with E-state index in [9.17, 15) is 8.78 Å². The number of thiophene rings is 1. The largest absolute Gasteiger partial charge is 0.311 e. The molecule has 5 heteroatoms. The quantitative estimate of drug-likeness (QED) is 0.156. The first-order chi connectivity index (χ1) is 29.1. The van der Waals surface area contributed by atoms with Gasteiger partial charge in [0.15, 0.2) is 0 Å². The van der Waals surface area contributed by atoms with E-state index in [4.69, 9.17) is 0 Å². The molecule has 0 atom stereocenters. The van der Waals surface area contributed by atoms with Crippen LogP contribution in [0.4, 0.5) is 25.8 Å². The molecule has 0 fully saturated rings. The molecule has 59 heavy (non-hydrogen) atoms. The third-order valence-electron chi connectivity index (χ3n) is 11.3. The molecule has 0 spiro atoms. The van der Waals surface area contributed by atoms with Gasteiger partial charge in [-0.2, -0.15) is 0 Å². The van der Waals surface area contributed by atoms with Crippen molar-refractivity contribution in [3.63, 3.8) is 0 Å². The van der Waals surface area contributed by atoms with Crippen molar-refractivity contribution in [2.45, 2.75) is 0 Å². The molecule has 11 rings (SSSR count). The van der Waals surface area contributed by atoms with E-state index in [-0.39, 0.29) is 11.6 Å². The minimum Gasteiger partial charge on any atom is -0.311 e. The van der Waals surface area contributed by atoms with Crippen molar-refractivity contribution in [3.05, 3.63) is 218 Å². The van der Waals surface area contributed by atoms with Gasteiger partial charge in [-0.1, -0.05) is 109 Å². The Bertz CT molecular complexity index is 3330. The standard InChI is InChI=1S/C54H34F2N2S/c55-40-23-31-50-49(33-40)47-30-22-41(56)34-51(47)58(50)45-11-6-10-39(32-45)37-18-26-43(27-19-37)57(42-24-16-36(17-25-42)35-8-2-1-3-9-35)44-28-20-38(21-29-44)46-13-7-15-53-54(46)48-12-4-5-14-52(48)59-53/h1-34H. The Hall–Kier alpha value is -7.34. The van der Waals surface area contributed by atoms with Crippen LogP contribution in [0, 0.1) is 11.6 Å². The molecule has 0 bridgehead atoms. The highest BCUT2D eigenvalue weighted by Gasteiger charge is 2.17. The molecule has 0 aliphatic rings. The van der Waals surface area contributed by atoms with Crippen LogP contribution >= 0.6 is 11.3 Å². The van der Waals surface area contributed by atoms with Gasteiger partial charge >= 0.3 is 0 Å². The van der Waals surface area contributed by atoms with Crippen LogP contribution in [0.2, 0.25) is 0 Å². The van der Waals surface area contributed by atoms with Gasteiger partial charge in [-0.3, -0.25) is 0 Å². The van der Waals surface area contributed by atoms with Gasteiger partial charge < -0.3 is 9.47 Å². The van der Waals surface area contributed by atoms with Crippen molar-refractivity contribution in [2.24, 2.45) is 0 Å². The summed E-state index contributed by atoms with van der Waals surface area (Å²) in [6.07, 6.45) is 0. The summed E-state index contributed by atoms with van der Waals surface area (Å²) in [4.78, 5) is 2.30. The Morgan fingerprint density at radius 1 is 0.373 bits per heavy atom. The first kappa shape index (κ1) is 34.9. The highest BCUT2D eigenvalue weighted by Crippen LogP contribution is 2.42. The lowest BCUT2D eigenvalue weighted by Crippen LogP contribution is -2.09.